The van der Waals surface area contributed by atoms with Gasteiger partial charge in [-0.3, -0.25) is 0 Å². The summed E-state index contributed by atoms with van der Waals surface area (Å²) in [6, 6.07) is 0. The lowest BCUT2D eigenvalue weighted by molar-refractivity contribution is 0.128. The lowest BCUT2D eigenvalue weighted by Gasteiger charge is -2.17. The van der Waals surface area contributed by atoms with Crippen LogP contribution in [0.5, 0.6) is 0 Å². The van der Waals surface area contributed by atoms with Crippen molar-refractivity contribution in [3.05, 3.63) is 18.7 Å². The average molecular weight is 383 g/mol. The molecule has 0 aliphatic rings. The van der Waals surface area contributed by atoms with Crippen LogP contribution < -0.4 is 0 Å². The molecule has 26 heavy (non-hydrogen) atoms. The van der Waals surface area contributed by atoms with Crippen LogP contribution in [-0.2, 0) is 11.3 Å². The Morgan fingerprint density at radius 2 is 1.54 bits per heavy atom. The van der Waals surface area contributed by atoms with Crippen molar-refractivity contribution >= 4 is 11.8 Å². The predicted molar refractivity (Wildman–Crippen MR) is 116 cm³/mol. The van der Waals surface area contributed by atoms with Gasteiger partial charge in [0.25, 0.3) is 0 Å². The van der Waals surface area contributed by atoms with Gasteiger partial charge in [-0.05, 0) is 18.6 Å². The van der Waals surface area contributed by atoms with Gasteiger partial charge in [0, 0.05) is 30.8 Å². The first-order chi connectivity index (χ1) is 12.9. The zero-order valence-electron chi connectivity index (χ0n) is 17.3. The van der Waals surface area contributed by atoms with Crippen LogP contribution in [0.1, 0.15) is 90.9 Å². The summed E-state index contributed by atoms with van der Waals surface area (Å²) in [6.45, 7) is 7.33. The molecule has 0 amide bonds. The normalized spacial score (nSPS) is 12.5. The second-order valence-corrected chi connectivity index (χ2v) is 8.77. The summed E-state index contributed by atoms with van der Waals surface area (Å²) in [5.74, 6) is 1.26. The molecule has 1 aromatic rings. The molecule has 0 N–H and O–H groups in total. The molecule has 4 heteroatoms. The number of unbranched alkanes of at least 4 members (excludes halogenated alkanes) is 10. The van der Waals surface area contributed by atoms with Crippen molar-refractivity contribution in [1.29, 1.82) is 0 Å². The van der Waals surface area contributed by atoms with E-state index in [1.807, 2.05) is 12.5 Å². The van der Waals surface area contributed by atoms with Crippen molar-refractivity contribution in [2.24, 2.45) is 0 Å². The fourth-order valence-corrected chi connectivity index (χ4v) is 4.29. The number of nitrogens with zero attached hydrogens (tertiary/aromatic N) is 2. The number of rotatable bonds is 19. The van der Waals surface area contributed by atoms with Crippen LogP contribution in [0.4, 0.5) is 0 Å². The summed E-state index contributed by atoms with van der Waals surface area (Å²) in [7, 11) is 0. The third-order valence-electron chi connectivity index (χ3n) is 4.77. The van der Waals surface area contributed by atoms with Crippen molar-refractivity contribution in [1.82, 2.24) is 9.55 Å². The van der Waals surface area contributed by atoms with E-state index in [4.69, 9.17) is 4.74 Å². The molecule has 0 aromatic carbocycles. The lowest BCUT2D eigenvalue weighted by atomic mass is 10.1. The number of ether oxygens (including phenoxy) is 1. The summed E-state index contributed by atoms with van der Waals surface area (Å²) in [6.07, 6.45) is 22.1. The van der Waals surface area contributed by atoms with Crippen molar-refractivity contribution in [3.63, 3.8) is 0 Å². The van der Waals surface area contributed by atoms with Crippen LogP contribution in [0.3, 0.4) is 0 Å². The fourth-order valence-electron chi connectivity index (χ4n) is 3.12. The van der Waals surface area contributed by atoms with E-state index in [-0.39, 0.29) is 0 Å². The molecule has 1 unspecified atom stereocenters. The van der Waals surface area contributed by atoms with Gasteiger partial charge in [-0.15, -0.1) is 0 Å². The Labute approximate surface area is 166 Å². The van der Waals surface area contributed by atoms with Crippen LogP contribution in [0.2, 0.25) is 0 Å². The number of hydrogen-bond acceptors (Lipinski definition) is 3. The third-order valence-corrected chi connectivity index (χ3v) is 6.05. The topological polar surface area (TPSA) is 27.1 Å². The largest absolute Gasteiger partial charge is 0.380 e. The van der Waals surface area contributed by atoms with Crippen LogP contribution in [0, 0.1) is 0 Å². The van der Waals surface area contributed by atoms with Crippen molar-refractivity contribution in [3.8, 4) is 0 Å². The molecular formula is C22H42N2OS. The fraction of sp³-hybridized carbons (Fsp3) is 0.864. The highest BCUT2D eigenvalue weighted by molar-refractivity contribution is 7.99. The first-order valence-electron chi connectivity index (χ1n) is 11.0. The van der Waals surface area contributed by atoms with Crippen molar-refractivity contribution in [2.75, 3.05) is 19.0 Å². The molecule has 0 fully saturated rings. The Morgan fingerprint density at radius 3 is 2.19 bits per heavy atom. The number of hydrogen-bond donors (Lipinski definition) is 0. The highest BCUT2D eigenvalue weighted by Crippen LogP contribution is 2.18. The lowest BCUT2D eigenvalue weighted by Crippen LogP contribution is -2.19. The number of thioether (sulfide) groups is 1. The van der Waals surface area contributed by atoms with Gasteiger partial charge >= 0.3 is 0 Å². The first-order valence-corrected chi connectivity index (χ1v) is 12.1. The quantitative estimate of drug-likeness (QED) is 0.248. The molecule has 1 aromatic heterocycles. The maximum absolute atomic E-state index is 5.97. The molecule has 0 aliphatic carbocycles. The second kappa shape index (κ2) is 17.9. The van der Waals surface area contributed by atoms with Gasteiger partial charge in [-0.2, -0.15) is 11.8 Å². The molecule has 1 rings (SSSR count). The minimum absolute atomic E-state index is 0.542. The van der Waals surface area contributed by atoms with Gasteiger partial charge in [0.15, 0.2) is 0 Å². The summed E-state index contributed by atoms with van der Waals surface area (Å²) in [5, 5.41) is 0.542. The van der Waals surface area contributed by atoms with Crippen molar-refractivity contribution < 1.29 is 4.74 Å². The molecular weight excluding hydrogens is 340 g/mol. The monoisotopic (exact) mass is 382 g/mol. The minimum atomic E-state index is 0.542. The molecule has 0 radical (unpaired) electrons. The van der Waals surface area contributed by atoms with E-state index in [0.717, 1.165) is 19.8 Å². The van der Waals surface area contributed by atoms with Crippen LogP contribution in [0.25, 0.3) is 0 Å². The van der Waals surface area contributed by atoms with E-state index in [0.29, 0.717) is 5.25 Å². The maximum Gasteiger partial charge on any atom is 0.0946 e. The molecule has 0 bridgehead atoms. The van der Waals surface area contributed by atoms with Crippen molar-refractivity contribution in [2.45, 2.75) is 103 Å². The minimum Gasteiger partial charge on any atom is -0.380 e. The van der Waals surface area contributed by atoms with Gasteiger partial charge < -0.3 is 9.30 Å². The van der Waals surface area contributed by atoms with E-state index in [2.05, 4.69) is 41.4 Å². The van der Waals surface area contributed by atoms with Gasteiger partial charge in [0.2, 0.25) is 0 Å². The van der Waals surface area contributed by atoms with Gasteiger partial charge in [-0.25, -0.2) is 4.98 Å². The standard InChI is InChI=1S/C22H42N2OS/c1-3-5-7-9-10-11-12-14-18-26-22(19-24-16-15-23-21-24)20-25-17-13-8-6-4-2/h15-16,21-22H,3-14,17-20H2,1-2H3. The maximum atomic E-state index is 5.97. The third kappa shape index (κ3) is 13.7. The summed E-state index contributed by atoms with van der Waals surface area (Å²) in [4.78, 5) is 4.17. The van der Waals surface area contributed by atoms with E-state index in [9.17, 15) is 0 Å². The Bertz CT molecular complexity index is 384. The smallest absolute Gasteiger partial charge is 0.0946 e. The predicted octanol–water partition coefficient (Wildman–Crippen LogP) is 6.72. The average Bonchev–Trinajstić information content (AvgIpc) is 3.16. The molecule has 1 heterocycles. The Kier molecular flexibility index (Phi) is 16.2. The zero-order valence-corrected chi connectivity index (χ0v) is 18.2. The zero-order chi connectivity index (χ0) is 18.7. The molecule has 0 aliphatic heterocycles. The first kappa shape index (κ1) is 23.6. The highest BCUT2D eigenvalue weighted by Gasteiger charge is 2.10. The highest BCUT2D eigenvalue weighted by atomic mass is 32.2. The SMILES string of the molecule is CCCCCCCCCCSC(COCCCCCC)Cn1ccnc1. The Balaban J connectivity index is 2.10. The van der Waals surface area contributed by atoms with Crippen LogP contribution >= 0.6 is 11.8 Å². The van der Waals surface area contributed by atoms with Crippen LogP contribution in [0.15, 0.2) is 18.7 Å². The van der Waals surface area contributed by atoms with Gasteiger partial charge in [-0.1, -0.05) is 78.1 Å². The molecule has 0 spiro atoms. The summed E-state index contributed by atoms with van der Waals surface area (Å²) >= 11 is 2.09. The van der Waals surface area contributed by atoms with Crippen LogP contribution in [-0.4, -0.2) is 33.8 Å². The molecule has 3 nitrogen and oxygen atoms in total. The molecule has 0 saturated heterocycles. The summed E-state index contributed by atoms with van der Waals surface area (Å²) in [5.41, 5.74) is 0. The van der Waals surface area contributed by atoms with E-state index in [1.54, 1.807) is 0 Å². The van der Waals surface area contributed by atoms with Gasteiger partial charge in [0.05, 0.1) is 12.9 Å². The number of aromatic nitrogens is 2. The Morgan fingerprint density at radius 1 is 0.885 bits per heavy atom. The summed E-state index contributed by atoms with van der Waals surface area (Å²) < 4.78 is 8.16. The van der Waals surface area contributed by atoms with E-state index in [1.165, 1.54) is 82.8 Å². The number of imidazole rings is 1. The molecule has 1 atom stereocenters. The molecule has 152 valence electrons. The van der Waals surface area contributed by atoms with E-state index < -0.39 is 0 Å². The molecule has 0 saturated carbocycles. The van der Waals surface area contributed by atoms with Gasteiger partial charge in [0.1, 0.15) is 0 Å². The van der Waals surface area contributed by atoms with E-state index >= 15 is 0 Å². The Hall–Kier alpha value is -0.480. The second-order valence-electron chi connectivity index (χ2n) is 7.36.